The second kappa shape index (κ2) is 5.38. The zero-order chi connectivity index (χ0) is 11.3. The molecule has 4 nitrogen and oxygen atoms in total. The molecule has 1 saturated carbocycles. The Labute approximate surface area is 94.1 Å². The van der Waals surface area contributed by atoms with E-state index in [2.05, 4.69) is 10.8 Å². The molecule has 0 spiro atoms. The summed E-state index contributed by atoms with van der Waals surface area (Å²) >= 11 is 1.64. The summed E-state index contributed by atoms with van der Waals surface area (Å²) < 4.78 is 4.53. The number of ether oxygens (including phenoxy) is 1. The lowest BCUT2D eigenvalue weighted by Crippen LogP contribution is -2.34. The number of thioether (sulfide) groups is 1. The normalized spacial score (nSPS) is 19.0. The minimum absolute atomic E-state index is 0.218. The summed E-state index contributed by atoms with van der Waals surface area (Å²) in [4.78, 5) is 11.0. The Hall–Kier alpha value is -0.730. The summed E-state index contributed by atoms with van der Waals surface area (Å²) in [6.07, 6.45) is 2.87. The van der Waals surface area contributed by atoms with Crippen molar-refractivity contribution in [2.45, 2.75) is 25.3 Å². The molecule has 5 heteroatoms. The van der Waals surface area contributed by atoms with E-state index in [0.29, 0.717) is 12.2 Å². The Morgan fingerprint density at radius 3 is 2.87 bits per heavy atom. The molecule has 0 radical (unpaired) electrons. The van der Waals surface area contributed by atoms with Crippen molar-refractivity contribution in [3.63, 3.8) is 0 Å². The van der Waals surface area contributed by atoms with Crippen molar-refractivity contribution in [2.24, 2.45) is 11.1 Å². The average molecular weight is 228 g/mol. The second-order valence-electron chi connectivity index (χ2n) is 3.98. The van der Waals surface area contributed by atoms with Gasteiger partial charge < -0.3 is 10.5 Å². The van der Waals surface area contributed by atoms with Gasteiger partial charge in [0, 0.05) is 12.2 Å². The SMILES string of the molecule is COC(=O)C(N)CSCC1(CC#N)CC1. The van der Waals surface area contributed by atoms with Gasteiger partial charge in [0.2, 0.25) is 0 Å². The summed E-state index contributed by atoms with van der Waals surface area (Å²) in [6.45, 7) is 0. The molecule has 0 aromatic heterocycles. The van der Waals surface area contributed by atoms with Crippen LogP contribution < -0.4 is 5.73 Å². The highest BCUT2D eigenvalue weighted by Gasteiger charge is 2.42. The number of nitriles is 1. The van der Waals surface area contributed by atoms with Crippen molar-refractivity contribution in [1.29, 1.82) is 5.26 Å². The Bertz CT molecular complexity index is 271. The van der Waals surface area contributed by atoms with Gasteiger partial charge in [-0.1, -0.05) is 0 Å². The molecule has 1 fully saturated rings. The summed E-state index contributed by atoms with van der Waals surface area (Å²) in [5.74, 6) is 1.12. The van der Waals surface area contributed by atoms with E-state index >= 15 is 0 Å². The van der Waals surface area contributed by atoms with Crippen molar-refractivity contribution in [3.05, 3.63) is 0 Å². The predicted molar refractivity (Wildman–Crippen MR) is 59.2 cm³/mol. The quantitative estimate of drug-likeness (QED) is 0.684. The van der Waals surface area contributed by atoms with Gasteiger partial charge in [-0.25, -0.2) is 0 Å². The first-order valence-corrected chi connectivity index (χ1v) is 6.07. The van der Waals surface area contributed by atoms with Crippen LogP contribution in [-0.4, -0.2) is 30.6 Å². The Morgan fingerprint density at radius 2 is 2.40 bits per heavy atom. The van der Waals surface area contributed by atoms with Gasteiger partial charge in [0.25, 0.3) is 0 Å². The third-order valence-electron chi connectivity index (χ3n) is 2.62. The smallest absolute Gasteiger partial charge is 0.323 e. The number of rotatable bonds is 6. The standard InChI is InChI=1S/C10H16N2O2S/c1-14-9(13)8(12)6-15-7-10(2-3-10)4-5-11/h8H,2-4,6-7,12H2,1H3. The molecule has 84 valence electrons. The van der Waals surface area contributed by atoms with E-state index in [0.717, 1.165) is 18.6 Å². The molecule has 0 saturated heterocycles. The summed E-state index contributed by atoms with van der Waals surface area (Å²) in [5.41, 5.74) is 5.81. The van der Waals surface area contributed by atoms with E-state index in [9.17, 15) is 4.79 Å². The second-order valence-corrected chi connectivity index (χ2v) is 5.01. The van der Waals surface area contributed by atoms with E-state index in [-0.39, 0.29) is 11.4 Å². The largest absolute Gasteiger partial charge is 0.468 e. The first-order chi connectivity index (χ1) is 7.13. The van der Waals surface area contributed by atoms with Crippen LogP contribution in [0.15, 0.2) is 0 Å². The first kappa shape index (κ1) is 12.3. The number of nitrogens with two attached hydrogens (primary N) is 1. The summed E-state index contributed by atoms with van der Waals surface area (Å²) in [7, 11) is 1.34. The number of hydrogen-bond donors (Lipinski definition) is 1. The van der Waals surface area contributed by atoms with Gasteiger partial charge in [-0.15, -0.1) is 0 Å². The molecule has 2 N–H and O–H groups in total. The topological polar surface area (TPSA) is 76.1 Å². The third-order valence-corrected chi connectivity index (χ3v) is 4.03. The lowest BCUT2D eigenvalue weighted by molar-refractivity contribution is -0.141. The lowest BCUT2D eigenvalue weighted by Gasteiger charge is -2.12. The van der Waals surface area contributed by atoms with Crippen LogP contribution in [0.5, 0.6) is 0 Å². The van der Waals surface area contributed by atoms with E-state index in [1.54, 1.807) is 11.8 Å². The molecule has 0 aromatic rings. The highest BCUT2D eigenvalue weighted by atomic mass is 32.2. The van der Waals surface area contributed by atoms with Crippen LogP contribution in [0.1, 0.15) is 19.3 Å². The van der Waals surface area contributed by atoms with Crippen LogP contribution in [0.4, 0.5) is 0 Å². The fourth-order valence-corrected chi connectivity index (χ4v) is 2.67. The van der Waals surface area contributed by atoms with E-state index in [1.807, 2.05) is 0 Å². The van der Waals surface area contributed by atoms with Crippen molar-refractivity contribution in [2.75, 3.05) is 18.6 Å². The van der Waals surface area contributed by atoms with Gasteiger partial charge >= 0.3 is 5.97 Å². The number of methoxy groups -OCH3 is 1. The van der Waals surface area contributed by atoms with Gasteiger partial charge in [-0.05, 0) is 24.0 Å². The molecule has 0 aromatic carbocycles. The lowest BCUT2D eigenvalue weighted by atomic mass is 10.1. The Morgan fingerprint density at radius 1 is 1.73 bits per heavy atom. The number of carbonyl (C=O) groups excluding carboxylic acids is 1. The average Bonchev–Trinajstić information content (AvgIpc) is 2.97. The molecule has 0 amide bonds. The van der Waals surface area contributed by atoms with Crippen molar-refractivity contribution < 1.29 is 9.53 Å². The summed E-state index contributed by atoms with van der Waals surface area (Å²) in [5, 5.41) is 8.62. The molecule has 0 aliphatic heterocycles. The highest BCUT2D eigenvalue weighted by Crippen LogP contribution is 2.50. The first-order valence-electron chi connectivity index (χ1n) is 4.92. The van der Waals surface area contributed by atoms with Gasteiger partial charge in [-0.2, -0.15) is 17.0 Å². The van der Waals surface area contributed by atoms with Gasteiger partial charge in [0.05, 0.1) is 13.2 Å². The maximum atomic E-state index is 11.0. The minimum atomic E-state index is -0.544. The molecule has 0 heterocycles. The van der Waals surface area contributed by atoms with Crippen LogP contribution in [0, 0.1) is 16.7 Å². The fraction of sp³-hybridized carbons (Fsp3) is 0.800. The van der Waals surface area contributed by atoms with Crippen LogP contribution >= 0.6 is 11.8 Å². The van der Waals surface area contributed by atoms with Crippen LogP contribution in [0.3, 0.4) is 0 Å². The molecule has 1 rings (SSSR count). The van der Waals surface area contributed by atoms with E-state index in [4.69, 9.17) is 11.0 Å². The third kappa shape index (κ3) is 3.73. The van der Waals surface area contributed by atoms with Crippen LogP contribution in [-0.2, 0) is 9.53 Å². The van der Waals surface area contributed by atoms with Crippen molar-refractivity contribution in [3.8, 4) is 6.07 Å². The molecule has 1 atom stereocenters. The van der Waals surface area contributed by atoms with Gasteiger partial charge in [-0.3, -0.25) is 4.79 Å². The van der Waals surface area contributed by atoms with E-state index < -0.39 is 6.04 Å². The molecule has 15 heavy (non-hydrogen) atoms. The van der Waals surface area contributed by atoms with Crippen LogP contribution in [0.2, 0.25) is 0 Å². The Kier molecular flexibility index (Phi) is 4.43. The zero-order valence-electron chi connectivity index (χ0n) is 8.86. The maximum absolute atomic E-state index is 11.0. The number of esters is 1. The number of nitrogens with zero attached hydrogens (tertiary/aromatic N) is 1. The molecule has 0 bridgehead atoms. The predicted octanol–water partition coefficient (Wildman–Crippen LogP) is 0.914. The Balaban J connectivity index is 2.17. The van der Waals surface area contributed by atoms with Crippen LogP contribution in [0.25, 0.3) is 0 Å². The van der Waals surface area contributed by atoms with Crippen molar-refractivity contribution >= 4 is 17.7 Å². The van der Waals surface area contributed by atoms with Crippen molar-refractivity contribution in [1.82, 2.24) is 0 Å². The number of hydrogen-bond acceptors (Lipinski definition) is 5. The van der Waals surface area contributed by atoms with E-state index in [1.165, 1.54) is 7.11 Å². The summed E-state index contributed by atoms with van der Waals surface area (Å²) in [6, 6.07) is 1.66. The molecule has 1 aliphatic carbocycles. The maximum Gasteiger partial charge on any atom is 0.323 e. The molecule has 1 aliphatic rings. The molecule has 1 unspecified atom stereocenters. The number of carbonyl (C=O) groups is 1. The van der Waals surface area contributed by atoms with Gasteiger partial charge in [0.1, 0.15) is 6.04 Å². The molecular weight excluding hydrogens is 212 g/mol. The highest BCUT2D eigenvalue weighted by molar-refractivity contribution is 7.99. The fourth-order valence-electron chi connectivity index (χ4n) is 1.34. The molecular formula is C10H16N2O2S. The zero-order valence-corrected chi connectivity index (χ0v) is 9.68. The van der Waals surface area contributed by atoms with Gasteiger partial charge in [0.15, 0.2) is 0 Å². The minimum Gasteiger partial charge on any atom is -0.468 e. The monoisotopic (exact) mass is 228 g/mol.